The average molecular weight is 981 g/mol. The van der Waals surface area contributed by atoms with E-state index in [1.807, 2.05) is 13.8 Å². The third-order valence-corrected chi connectivity index (χ3v) is 10.8. The van der Waals surface area contributed by atoms with Crippen LogP contribution in [0.15, 0.2) is 20.0 Å². The van der Waals surface area contributed by atoms with Crippen molar-refractivity contribution in [3.63, 3.8) is 0 Å². The maximum Gasteiger partial charge on any atom is 0.326 e. The van der Waals surface area contributed by atoms with Gasteiger partial charge in [-0.25, -0.2) is 4.79 Å². The Kier molecular flexibility index (Phi) is 28.8. The van der Waals surface area contributed by atoms with Crippen LogP contribution in [-0.4, -0.2) is 157 Å². The number of nitrogens with one attached hydrogen (secondary N) is 5. The predicted molar refractivity (Wildman–Crippen MR) is 262 cm³/mol. The molecule has 7 atom stereocenters. The fourth-order valence-corrected chi connectivity index (χ4v) is 7.31. The first-order valence-corrected chi connectivity index (χ1v) is 23.3. The van der Waals surface area contributed by atoms with E-state index < -0.39 is 83.7 Å². The molecule has 0 bridgehead atoms. The summed E-state index contributed by atoms with van der Waals surface area (Å²) < 4.78 is 0. The zero-order chi connectivity index (χ0) is 52.1. The normalized spacial score (nSPS) is 15.7. The first kappa shape index (κ1) is 60.3. The highest BCUT2D eigenvalue weighted by Crippen LogP contribution is 2.21. The van der Waals surface area contributed by atoms with E-state index >= 15 is 0 Å². The summed E-state index contributed by atoms with van der Waals surface area (Å²) in [5, 5.41) is 23.2. The summed E-state index contributed by atoms with van der Waals surface area (Å²) in [6.07, 6.45) is 2.83. The minimum Gasteiger partial charge on any atom is -0.480 e. The quantitative estimate of drug-likeness (QED) is 0.0162. The van der Waals surface area contributed by atoms with Gasteiger partial charge in [0.15, 0.2) is 23.8 Å². The van der Waals surface area contributed by atoms with Gasteiger partial charge in [0.05, 0.1) is 6.04 Å². The Hall–Kier alpha value is -6.71. The van der Waals surface area contributed by atoms with Crippen LogP contribution in [0.3, 0.4) is 0 Å². The van der Waals surface area contributed by atoms with Crippen LogP contribution in [0.4, 0.5) is 0 Å². The van der Waals surface area contributed by atoms with Gasteiger partial charge in [-0.3, -0.25) is 48.7 Å². The first-order chi connectivity index (χ1) is 32.6. The Morgan fingerprint density at radius 2 is 0.928 bits per heavy atom. The van der Waals surface area contributed by atoms with Crippen molar-refractivity contribution < 1.29 is 38.7 Å². The maximum absolute atomic E-state index is 14.3. The molecule has 6 amide bonds. The maximum atomic E-state index is 14.3. The summed E-state index contributed by atoms with van der Waals surface area (Å²) in [5.41, 5.74) is 55.5. The van der Waals surface area contributed by atoms with E-state index in [4.69, 9.17) is 57.3 Å². The molecular weight excluding hydrogens is 901 g/mol. The highest BCUT2D eigenvalue weighted by atomic mass is 16.4. The fraction of sp³-hybridized carbons (Fsp3) is 0.732. The molecule has 0 aromatic rings. The van der Waals surface area contributed by atoms with Crippen LogP contribution in [-0.2, 0) is 33.6 Å². The van der Waals surface area contributed by atoms with E-state index in [9.17, 15) is 38.7 Å². The number of hydrogen-bond donors (Lipinski definition) is 16. The molecule has 392 valence electrons. The zero-order valence-electron chi connectivity index (χ0n) is 40.1. The van der Waals surface area contributed by atoms with Crippen molar-refractivity contribution in [3.05, 3.63) is 0 Å². The van der Waals surface area contributed by atoms with Gasteiger partial charge in [-0.05, 0) is 102 Å². The molecule has 1 rings (SSSR count). The molecule has 0 spiro atoms. The van der Waals surface area contributed by atoms with Gasteiger partial charge in [-0.15, -0.1) is 0 Å². The van der Waals surface area contributed by atoms with Crippen LogP contribution in [0, 0.1) is 5.92 Å². The molecule has 1 saturated heterocycles. The van der Waals surface area contributed by atoms with Gasteiger partial charge < -0.3 is 93.9 Å². The van der Waals surface area contributed by atoms with Crippen molar-refractivity contribution in [2.24, 2.45) is 83.2 Å². The van der Waals surface area contributed by atoms with Crippen LogP contribution in [0.25, 0.3) is 0 Å². The molecule has 28 heteroatoms. The van der Waals surface area contributed by atoms with Gasteiger partial charge in [0, 0.05) is 32.7 Å². The molecule has 69 heavy (non-hydrogen) atoms. The van der Waals surface area contributed by atoms with Crippen LogP contribution < -0.4 is 83.9 Å². The SMILES string of the molecule is CC(C)C[C@H](N)C(=O)N[C@@H](CCCN=C(N)N)C(=O)N1CCC[C@H]1C(=O)N[C@@H](CCCN=C(N)N)C(=O)N[C@@H](CCCN=C(N)N)C(=O)N[C@@H](CCCCN)C(=O)N[C@@H](CCCN=C(N)N)C(=O)O. The first-order valence-electron chi connectivity index (χ1n) is 23.3. The number of carbonyl (C=O) groups is 7. The third-order valence-electron chi connectivity index (χ3n) is 10.8. The van der Waals surface area contributed by atoms with Crippen LogP contribution in [0.1, 0.15) is 104 Å². The lowest BCUT2D eigenvalue weighted by Crippen LogP contribution is -2.59. The second kappa shape index (κ2) is 32.9. The Morgan fingerprint density at radius 1 is 0.551 bits per heavy atom. The van der Waals surface area contributed by atoms with E-state index in [1.165, 1.54) is 4.90 Å². The third kappa shape index (κ3) is 25.3. The highest BCUT2D eigenvalue weighted by molar-refractivity contribution is 5.97. The van der Waals surface area contributed by atoms with Crippen molar-refractivity contribution >= 4 is 65.3 Å². The number of aliphatic imine (C=N–C) groups is 4. The molecule has 26 N–H and O–H groups in total. The van der Waals surface area contributed by atoms with Crippen LogP contribution in [0.5, 0.6) is 0 Å². The average Bonchev–Trinajstić information content (AvgIpc) is 3.76. The number of nitrogens with zero attached hydrogens (tertiary/aromatic N) is 5. The Balaban J connectivity index is 3.51. The molecule has 0 saturated carbocycles. The van der Waals surface area contributed by atoms with E-state index in [1.54, 1.807) is 0 Å². The van der Waals surface area contributed by atoms with Crippen LogP contribution in [0.2, 0.25) is 0 Å². The van der Waals surface area contributed by atoms with E-state index in [2.05, 4.69) is 46.6 Å². The van der Waals surface area contributed by atoms with Crippen LogP contribution >= 0.6 is 0 Å². The molecule has 0 unspecified atom stereocenters. The summed E-state index contributed by atoms with van der Waals surface area (Å²) >= 11 is 0. The Labute approximate surface area is 403 Å². The second-order valence-electron chi connectivity index (χ2n) is 17.1. The number of likely N-dealkylation sites (tertiary alicyclic amines) is 1. The molecule has 1 aliphatic rings. The number of amides is 6. The summed E-state index contributed by atoms with van der Waals surface area (Å²) in [7, 11) is 0. The zero-order valence-corrected chi connectivity index (χ0v) is 40.1. The number of carbonyl (C=O) groups excluding carboxylic acids is 6. The number of hydrogen-bond acceptors (Lipinski definition) is 13. The minimum atomic E-state index is -1.35. The summed E-state index contributed by atoms with van der Waals surface area (Å²) in [6, 6.07) is -8.28. The number of carboxylic acids is 1. The number of rotatable bonds is 34. The van der Waals surface area contributed by atoms with Gasteiger partial charge in [0.1, 0.15) is 36.3 Å². The van der Waals surface area contributed by atoms with Gasteiger partial charge in [-0.2, -0.15) is 0 Å². The topological polar surface area (TPSA) is 513 Å². The van der Waals surface area contributed by atoms with Crippen molar-refractivity contribution in [1.82, 2.24) is 31.5 Å². The number of unbranched alkanes of at least 4 members (excludes halogenated alkanes) is 1. The molecule has 28 nitrogen and oxygen atoms in total. The minimum absolute atomic E-state index is 0.0289. The lowest BCUT2D eigenvalue weighted by atomic mass is 10.0. The predicted octanol–water partition coefficient (Wildman–Crippen LogP) is -5.80. The Morgan fingerprint density at radius 3 is 1.33 bits per heavy atom. The number of carboxylic acid groups (broad SMARTS) is 1. The monoisotopic (exact) mass is 981 g/mol. The van der Waals surface area contributed by atoms with Crippen molar-refractivity contribution in [1.29, 1.82) is 0 Å². The second-order valence-corrected chi connectivity index (χ2v) is 17.1. The molecule has 0 aliphatic carbocycles. The molecule has 0 aromatic carbocycles. The van der Waals surface area contributed by atoms with Gasteiger partial charge in [-0.1, -0.05) is 13.8 Å². The number of guanidine groups is 4. The summed E-state index contributed by atoms with van der Waals surface area (Å²) in [4.78, 5) is 113. The molecular formula is C41H80N20O8. The molecule has 1 fully saturated rings. The molecule has 0 aromatic heterocycles. The smallest absolute Gasteiger partial charge is 0.326 e. The van der Waals surface area contributed by atoms with E-state index in [0.717, 1.165) is 0 Å². The van der Waals surface area contributed by atoms with Crippen molar-refractivity contribution in [3.8, 4) is 0 Å². The number of nitrogens with two attached hydrogens (primary N) is 10. The van der Waals surface area contributed by atoms with Crippen molar-refractivity contribution in [2.75, 3.05) is 39.3 Å². The van der Waals surface area contributed by atoms with E-state index in [-0.39, 0.29) is 127 Å². The van der Waals surface area contributed by atoms with E-state index in [0.29, 0.717) is 32.1 Å². The molecule has 0 radical (unpaired) electrons. The fourth-order valence-electron chi connectivity index (χ4n) is 7.31. The van der Waals surface area contributed by atoms with Crippen molar-refractivity contribution in [2.45, 2.75) is 146 Å². The largest absolute Gasteiger partial charge is 0.480 e. The lowest BCUT2D eigenvalue weighted by molar-refractivity contribution is -0.143. The summed E-state index contributed by atoms with van der Waals surface area (Å²) in [5.74, 6) is -6.12. The summed E-state index contributed by atoms with van der Waals surface area (Å²) in [6.45, 7) is 4.68. The Bertz CT molecular complexity index is 1780. The van der Waals surface area contributed by atoms with Gasteiger partial charge in [0.2, 0.25) is 35.4 Å². The highest BCUT2D eigenvalue weighted by Gasteiger charge is 2.40. The molecule has 1 heterocycles. The lowest BCUT2D eigenvalue weighted by Gasteiger charge is -2.31. The van der Waals surface area contributed by atoms with Gasteiger partial charge in [0.25, 0.3) is 0 Å². The number of aliphatic carboxylic acids is 1. The standard InChI is InChI=1S/C41H80N20O8/c1-23(2)22-24(43)31(62)59-28(13-7-19-54-40(48)49)36(67)61-21-9-15-30(61)35(66)58-27(12-6-18-53-39(46)47)33(64)57-26(11-5-17-52-38(44)45)32(63)56-25(10-3-4-16-42)34(65)60-29(37(68)69)14-8-20-55-41(50)51/h23-30H,3-22,42-43H2,1-2H3,(H,56,63)(H,57,64)(H,58,66)(H,59,62)(H,60,65)(H,68,69)(H4,44,45,52)(H4,46,47,53)(H4,48,49,54)(H4,50,51,55)/t24-,25-,26-,27-,28-,29-,30-/m0/s1. The van der Waals surface area contributed by atoms with Gasteiger partial charge >= 0.3 is 5.97 Å². The molecule has 1 aliphatic heterocycles.